The van der Waals surface area contributed by atoms with Gasteiger partial charge in [-0.2, -0.15) is 13.2 Å². The number of hydrogen-bond acceptors (Lipinski definition) is 13. The van der Waals surface area contributed by atoms with E-state index >= 15 is 0 Å². The minimum absolute atomic E-state index is 0.00489. The summed E-state index contributed by atoms with van der Waals surface area (Å²) in [6.45, 7) is 2.21. The number of carbonyl (C=O) groups is 5. The van der Waals surface area contributed by atoms with Gasteiger partial charge in [-0.25, -0.2) is 0 Å². The molecule has 1 aliphatic heterocycles. The van der Waals surface area contributed by atoms with Crippen molar-refractivity contribution in [3.8, 4) is 17.2 Å². The van der Waals surface area contributed by atoms with Gasteiger partial charge in [0, 0.05) is 42.4 Å². The fourth-order valence-corrected chi connectivity index (χ4v) is 6.64. The first-order valence-corrected chi connectivity index (χ1v) is 16.1. The van der Waals surface area contributed by atoms with Gasteiger partial charge >= 0.3 is 18.1 Å². The zero-order valence-corrected chi connectivity index (χ0v) is 27.7. The number of aliphatic hydroxyl groups excluding tert-OH is 1. The predicted molar refractivity (Wildman–Crippen MR) is 165 cm³/mol. The highest BCUT2D eigenvalue weighted by atomic mass is 19.4. The van der Waals surface area contributed by atoms with Crippen molar-refractivity contribution in [2.45, 2.75) is 94.8 Å². The average Bonchev–Trinajstić information content (AvgIpc) is 3.07. The number of esters is 1. The van der Waals surface area contributed by atoms with Crippen LogP contribution in [0.3, 0.4) is 0 Å². The summed E-state index contributed by atoms with van der Waals surface area (Å²) in [6.07, 6.45) is -12.3. The number of nitrogens with one attached hydrogen (secondary N) is 1. The highest BCUT2D eigenvalue weighted by Crippen LogP contribution is 2.52. The van der Waals surface area contributed by atoms with Crippen molar-refractivity contribution in [3.05, 3.63) is 51.6 Å². The van der Waals surface area contributed by atoms with Gasteiger partial charge in [-0.05, 0) is 19.4 Å². The molecule has 1 heterocycles. The number of ketones is 3. The van der Waals surface area contributed by atoms with Crippen LogP contribution in [-0.4, -0.2) is 99.7 Å². The molecule has 51 heavy (non-hydrogen) atoms. The molecule has 2 aromatic carbocycles. The summed E-state index contributed by atoms with van der Waals surface area (Å²) in [5.41, 5.74) is -4.85. The number of hydrogen-bond donors (Lipinski definition) is 5. The Kier molecular flexibility index (Phi) is 10.5. The second-order valence-electron chi connectivity index (χ2n) is 12.7. The number of phenols is 2. The average molecular weight is 724 g/mol. The van der Waals surface area contributed by atoms with Gasteiger partial charge in [0.05, 0.1) is 42.0 Å². The summed E-state index contributed by atoms with van der Waals surface area (Å²) in [7, 11) is 1.25. The van der Waals surface area contributed by atoms with E-state index in [9.17, 15) is 57.6 Å². The lowest BCUT2D eigenvalue weighted by molar-refractivity contribution is -0.250. The minimum Gasteiger partial charge on any atom is -0.507 e. The zero-order valence-electron chi connectivity index (χ0n) is 27.7. The number of phenolic OH excluding ortho intramolecular Hbond substituents is 2. The monoisotopic (exact) mass is 723 g/mol. The fourth-order valence-electron chi connectivity index (χ4n) is 6.64. The maximum Gasteiger partial charge on any atom is 0.471 e. The quantitative estimate of drug-likeness (QED) is 0.150. The SMILES string of the molecule is CCCCC(=O)OCC(=O)[C@@]1(O)Cc2c(O)c3c(c(O)c2[C@@H](O[C@@H]2C[C@H](NC(=O)C(F)(F)F)[C@H](O)[C@H](C)O2)C1)C(=O)c1c(OC)cccc1C3=O. The van der Waals surface area contributed by atoms with E-state index < -0.39 is 120 Å². The molecular formula is C34H36F3NO13. The van der Waals surface area contributed by atoms with Gasteiger partial charge in [0.2, 0.25) is 11.6 Å². The predicted octanol–water partition coefficient (Wildman–Crippen LogP) is 2.46. The molecule has 0 unspecified atom stereocenters. The van der Waals surface area contributed by atoms with Crippen LogP contribution in [0, 0.1) is 0 Å². The summed E-state index contributed by atoms with van der Waals surface area (Å²) in [6, 6.07) is 2.58. The maximum absolute atomic E-state index is 13.9. The van der Waals surface area contributed by atoms with Crippen LogP contribution in [-0.2, 0) is 35.0 Å². The summed E-state index contributed by atoms with van der Waals surface area (Å²) in [5, 5.41) is 47.2. The summed E-state index contributed by atoms with van der Waals surface area (Å²) >= 11 is 0. The van der Waals surface area contributed by atoms with Crippen LogP contribution >= 0.6 is 0 Å². The molecule has 2 aromatic rings. The molecule has 14 nitrogen and oxygen atoms in total. The summed E-state index contributed by atoms with van der Waals surface area (Å²) in [5.74, 6) is -7.66. The van der Waals surface area contributed by atoms with Crippen molar-refractivity contribution in [3.63, 3.8) is 0 Å². The topological polar surface area (TPSA) is 215 Å². The number of methoxy groups -OCH3 is 1. The lowest BCUT2D eigenvalue weighted by Crippen LogP contribution is -2.57. The van der Waals surface area contributed by atoms with Crippen molar-refractivity contribution in [1.29, 1.82) is 0 Å². The molecule has 276 valence electrons. The third kappa shape index (κ3) is 7.02. The third-order valence-corrected chi connectivity index (χ3v) is 9.29. The Balaban J connectivity index is 1.58. The van der Waals surface area contributed by atoms with Gasteiger partial charge in [0.15, 0.2) is 18.7 Å². The van der Waals surface area contributed by atoms with E-state index in [0.717, 1.165) is 0 Å². The molecule has 0 radical (unpaired) electrons. The van der Waals surface area contributed by atoms with E-state index in [1.807, 2.05) is 6.92 Å². The van der Waals surface area contributed by atoms with Crippen LogP contribution in [0.4, 0.5) is 13.2 Å². The Morgan fingerprint density at radius 1 is 1.08 bits per heavy atom. The molecular weight excluding hydrogens is 687 g/mol. The molecule has 1 amide bonds. The normalized spacial score (nSPS) is 25.7. The number of carbonyl (C=O) groups excluding carboxylic acids is 5. The Bertz CT molecular complexity index is 1780. The number of amides is 1. The number of unbranched alkanes of at least 4 members (excludes halogenated alkanes) is 1. The van der Waals surface area contributed by atoms with Crippen LogP contribution in [0.15, 0.2) is 18.2 Å². The van der Waals surface area contributed by atoms with Crippen LogP contribution in [0.1, 0.15) is 95.0 Å². The molecule has 1 fully saturated rings. The van der Waals surface area contributed by atoms with Crippen molar-refractivity contribution in [2.24, 2.45) is 0 Å². The lowest BCUT2D eigenvalue weighted by Gasteiger charge is -2.43. The van der Waals surface area contributed by atoms with Crippen LogP contribution in [0.5, 0.6) is 17.2 Å². The number of benzene rings is 2. The van der Waals surface area contributed by atoms with Crippen molar-refractivity contribution >= 4 is 29.2 Å². The number of rotatable bonds is 10. The van der Waals surface area contributed by atoms with Crippen LogP contribution in [0.25, 0.3) is 0 Å². The molecule has 17 heteroatoms. The smallest absolute Gasteiger partial charge is 0.471 e. The van der Waals surface area contributed by atoms with E-state index in [1.165, 1.54) is 32.2 Å². The molecule has 5 N–H and O–H groups in total. The van der Waals surface area contributed by atoms with E-state index in [0.29, 0.717) is 12.8 Å². The number of ether oxygens (including phenoxy) is 4. The van der Waals surface area contributed by atoms with E-state index in [2.05, 4.69) is 0 Å². The molecule has 3 aliphatic rings. The molecule has 0 spiro atoms. The molecule has 5 rings (SSSR count). The molecule has 0 bridgehead atoms. The third-order valence-electron chi connectivity index (χ3n) is 9.29. The highest BCUT2D eigenvalue weighted by Gasteiger charge is 2.51. The van der Waals surface area contributed by atoms with Gasteiger partial charge in [0.25, 0.3) is 0 Å². The molecule has 6 atom stereocenters. The maximum atomic E-state index is 13.9. The number of fused-ring (bicyclic) bond motifs is 3. The van der Waals surface area contributed by atoms with Crippen LogP contribution < -0.4 is 10.1 Å². The number of aliphatic hydroxyl groups is 2. The first kappa shape index (κ1) is 37.7. The highest BCUT2D eigenvalue weighted by molar-refractivity contribution is 6.31. The second kappa shape index (κ2) is 14.2. The molecule has 1 saturated heterocycles. The second-order valence-corrected chi connectivity index (χ2v) is 12.7. The Morgan fingerprint density at radius 2 is 1.76 bits per heavy atom. The Labute approximate surface area is 288 Å². The van der Waals surface area contributed by atoms with Gasteiger partial charge in [-0.1, -0.05) is 25.5 Å². The number of Topliss-reactive ketones (excluding diaryl/α,β-unsaturated/α-hetero) is 1. The Hall–Kier alpha value is -4.58. The van der Waals surface area contributed by atoms with Gasteiger partial charge < -0.3 is 44.7 Å². The number of aromatic hydroxyl groups is 2. The summed E-state index contributed by atoms with van der Waals surface area (Å²) in [4.78, 5) is 64.9. The standard InChI is InChI=1S/C34H36F3NO13/c1-4-5-9-21(40)49-13-20(39)33(47)11-16-24(19(12-33)51-22-10-17(27(41)14(2)50-22)38-32(46)34(35,36)37)31(45)26-25(29(16)43)28(42)15-7-6-8-18(48-3)23(15)30(26)44/h6-8,14,17,19,22,27,41,43,45,47H,4-5,9-13H2,1-3H3,(H,38,46)/t14-,17-,19-,22+,27+,33+/m0/s1. The van der Waals surface area contributed by atoms with Gasteiger partial charge in [-0.3, -0.25) is 24.0 Å². The Morgan fingerprint density at radius 3 is 2.41 bits per heavy atom. The van der Waals surface area contributed by atoms with Crippen molar-refractivity contribution < 1.29 is 76.5 Å². The number of halogens is 3. The zero-order chi connectivity index (χ0) is 37.6. The first-order valence-electron chi connectivity index (χ1n) is 16.1. The van der Waals surface area contributed by atoms with Gasteiger partial charge in [-0.15, -0.1) is 0 Å². The van der Waals surface area contributed by atoms with E-state index in [-0.39, 0.29) is 34.4 Å². The number of alkyl halides is 3. The van der Waals surface area contributed by atoms with E-state index in [1.54, 1.807) is 5.32 Å². The molecule has 0 aromatic heterocycles. The summed E-state index contributed by atoms with van der Waals surface area (Å²) < 4.78 is 61.1. The fraction of sp³-hybridized carbons (Fsp3) is 0.500. The van der Waals surface area contributed by atoms with Crippen molar-refractivity contribution in [2.75, 3.05) is 13.7 Å². The lowest BCUT2D eigenvalue weighted by atomic mass is 9.72. The molecule has 0 saturated carbocycles. The largest absolute Gasteiger partial charge is 0.507 e. The minimum atomic E-state index is -5.29. The van der Waals surface area contributed by atoms with Gasteiger partial charge in [0.1, 0.15) is 29.0 Å². The van der Waals surface area contributed by atoms with Crippen LogP contribution in [0.2, 0.25) is 0 Å². The molecule has 2 aliphatic carbocycles. The van der Waals surface area contributed by atoms with Crippen molar-refractivity contribution in [1.82, 2.24) is 5.32 Å². The first-order chi connectivity index (χ1) is 23.9. The van der Waals surface area contributed by atoms with E-state index in [4.69, 9.17) is 18.9 Å².